The highest BCUT2D eigenvalue weighted by Crippen LogP contribution is 2.34. The molecule has 1 aromatic rings. The quantitative estimate of drug-likeness (QED) is 0.847. The molecule has 1 N–H and O–H groups in total. The number of aliphatic carboxylic acids is 1. The van der Waals surface area contributed by atoms with Gasteiger partial charge in [0.25, 0.3) is 0 Å². The molecule has 3 heteroatoms. The number of hydrogen-bond acceptors (Lipinski definition) is 2. The van der Waals surface area contributed by atoms with Gasteiger partial charge in [-0.2, -0.15) is 0 Å². The van der Waals surface area contributed by atoms with Crippen molar-refractivity contribution in [3.63, 3.8) is 0 Å². The Morgan fingerprint density at radius 2 is 2.25 bits per heavy atom. The predicted molar refractivity (Wildman–Crippen MR) is 61.5 cm³/mol. The van der Waals surface area contributed by atoms with E-state index in [0.29, 0.717) is 0 Å². The minimum atomic E-state index is -0.782. The predicted octanol–water partition coefficient (Wildman–Crippen LogP) is 2.36. The molecule has 16 heavy (non-hydrogen) atoms. The molecule has 0 spiro atoms. The fraction of sp³-hybridized carbons (Fsp3) is 0.308. The summed E-state index contributed by atoms with van der Waals surface area (Å²) in [4.78, 5) is 11.0. The van der Waals surface area contributed by atoms with Crippen molar-refractivity contribution in [1.29, 1.82) is 0 Å². The fourth-order valence-electron chi connectivity index (χ4n) is 2.02. The van der Waals surface area contributed by atoms with E-state index in [4.69, 9.17) is 9.84 Å². The first-order chi connectivity index (χ1) is 7.63. The van der Waals surface area contributed by atoms with Gasteiger partial charge in [0.05, 0.1) is 13.0 Å². The van der Waals surface area contributed by atoms with E-state index in [1.165, 1.54) is 0 Å². The van der Waals surface area contributed by atoms with E-state index in [1.54, 1.807) is 14.0 Å². The zero-order chi connectivity index (χ0) is 11.7. The number of ether oxygens (including phenoxy) is 1. The molecule has 0 fully saturated rings. The van der Waals surface area contributed by atoms with Crippen molar-refractivity contribution in [2.75, 3.05) is 7.11 Å². The van der Waals surface area contributed by atoms with E-state index in [1.807, 2.05) is 24.3 Å². The number of allylic oxidation sites excluding steroid dienone is 1. The van der Waals surface area contributed by atoms with Crippen LogP contribution in [0.15, 0.2) is 24.3 Å². The number of carboxylic acids is 1. The maximum atomic E-state index is 11.0. The Labute approximate surface area is 94.4 Å². The lowest BCUT2D eigenvalue weighted by Crippen LogP contribution is -2.10. The Kier molecular flexibility index (Phi) is 2.69. The topological polar surface area (TPSA) is 46.5 Å². The maximum absolute atomic E-state index is 11.0. The lowest BCUT2D eigenvalue weighted by Gasteiger charge is -2.10. The van der Waals surface area contributed by atoms with Crippen LogP contribution < -0.4 is 4.74 Å². The second-order valence-electron chi connectivity index (χ2n) is 3.95. The van der Waals surface area contributed by atoms with Crippen molar-refractivity contribution in [3.8, 4) is 5.75 Å². The van der Waals surface area contributed by atoms with Crippen molar-refractivity contribution >= 4 is 11.5 Å². The number of hydrogen-bond donors (Lipinski definition) is 1. The smallest absolute Gasteiger partial charge is 0.310 e. The number of benzene rings is 1. The SMILES string of the molecule is COc1ccc2c(c1)CC=C2[C@H](C)C(=O)O. The number of rotatable bonds is 3. The first-order valence-electron chi connectivity index (χ1n) is 5.23. The first-order valence-corrected chi connectivity index (χ1v) is 5.23. The van der Waals surface area contributed by atoms with Gasteiger partial charge in [0, 0.05) is 0 Å². The van der Waals surface area contributed by atoms with E-state index in [0.717, 1.165) is 28.9 Å². The third-order valence-corrected chi connectivity index (χ3v) is 3.00. The molecule has 0 radical (unpaired) electrons. The van der Waals surface area contributed by atoms with Crippen molar-refractivity contribution in [1.82, 2.24) is 0 Å². The monoisotopic (exact) mass is 218 g/mol. The van der Waals surface area contributed by atoms with Crippen LogP contribution in [0.2, 0.25) is 0 Å². The van der Waals surface area contributed by atoms with E-state index in [9.17, 15) is 4.79 Å². The molecule has 0 saturated carbocycles. The molecule has 84 valence electrons. The Hall–Kier alpha value is -1.77. The highest BCUT2D eigenvalue weighted by atomic mass is 16.5. The van der Waals surface area contributed by atoms with Gasteiger partial charge < -0.3 is 9.84 Å². The van der Waals surface area contributed by atoms with Crippen LogP contribution in [-0.4, -0.2) is 18.2 Å². The summed E-state index contributed by atoms with van der Waals surface area (Å²) < 4.78 is 5.14. The van der Waals surface area contributed by atoms with Gasteiger partial charge in [0.1, 0.15) is 5.75 Å². The van der Waals surface area contributed by atoms with Crippen molar-refractivity contribution < 1.29 is 14.6 Å². The van der Waals surface area contributed by atoms with Crippen LogP contribution in [-0.2, 0) is 11.2 Å². The van der Waals surface area contributed by atoms with Crippen LogP contribution in [0.4, 0.5) is 0 Å². The van der Waals surface area contributed by atoms with E-state index >= 15 is 0 Å². The molecule has 0 aromatic heterocycles. The Morgan fingerprint density at radius 3 is 2.88 bits per heavy atom. The largest absolute Gasteiger partial charge is 0.497 e. The van der Waals surface area contributed by atoms with Gasteiger partial charge in [0.15, 0.2) is 0 Å². The maximum Gasteiger partial charge on any atom is 0.310 e. The molecule has 3 nitrogen and oxygen atoms in total. The summed E-state index contributed by atoms with van der Waals surface area (Å²) in [6.45, 7) is 1.72. The van der Waals surface area contributed by atoms with Gasteiger partial charge in [-0.1, -0.05) is 12.1 Å². The van der Waals surface area contributed by atoms with Crippen LogP contribution in [0.5, 0.6) is 5.75 Å². The third kappa shape index (κ3) is 1.69. The standard InChI is InChI=1S/C13H14O3/c1-8(13(14)15)11-5-3-9-7-10(16-2)4-6-12(9)11/h4-8H,3H2,1-2H3,(H,14,15)/t8-/m0/s1. The van der Waals surface area contributed by atoms with Crippen LogP contribution in [0, 0.1) is 5.92 Å². The molecule has 1 atom stereocenters. The van der Waals surface area contributed by atoms with Gasteiger partial charge >= 0.3 is 5.97 Å². The average molecular weight is 218 g/mol. The fourth-order valence-corrected chi connectivity index (χ4v) is 2.02. The average Bonchev–Trinajstić information content (AvgIpc) is 2.70. The van der Waals surface area contributed by atoms with Crippen molar-refractivity contribution in [2.24, 2.45) is 5.92 Å². The summed E-state index contributed by atoms with van der Waals surface area (Å²) >= 11 is 0. The van der Waals surface area contributed by atoms with Crippen molar-refractivity contribution in [3.05, 3.63) is 35.4 Å². The summed E-state index contributed by atoms with van der Waals surface area (Å²) in [6, 6.07) is 5.77. The summed E-state index contributed by atoms with van der Waals surface area (Å²) in [6.07, 6.45) is 2.78. The van der Waals surface area contributed by atoms with Gasteiger partial charge in [-0.05, 0) is 42.2 Å². The molecule has 2 rings (SSSR count). The van der Waals surface area contributed by atoms with E-state index in [2.05, 4.69) is 0 Å². The Balaban J connectivity index is 2.35. The Morgan fingerprint density at radius 1 is 1.50 bits per heavy atom. The number of carbonyl (C=O) groups is 1. The van der Waals surface area contributed by atoms with Gasteiger partial charge in [0.2, 0.25) is 0 Å². The molecule has 0 bridgehead atoms. The number of methoxy groups -OCH3 is 1. The molecule has 1 aliphatic rings. The minimum absolute atomic E-state index is 0.449. The molecule has 0 amide bonds. The normalized spacial score (nSPS) is 15.2. The van der Waals surface area contributed by atoms with Crippen LogP contribution in [0.25, 0.3) is 5.57 Å². The number of fused-ring (bicyclic) bond motifs is 1. The summed E-state index contributed by atoms with van der Waals surface area (Å²) in [5.74, 6) is -0.416. The van der Waals surface area contributed by atoms with Crippen molar-refractivity contribution in [2.45, 2.75) is 13.3 Å². The molecule has 0 aliphatic heterocycles. The van der Waals surface area contributed by atoms with Gasteiger partial charge in [-0.25, -0.2) is 0 Å². The summed E-state index contributed by atoms with van der Waals surface area (Å²) in [5.41, 5.74) is 3.09. The molecule has 1 aromatic carbocycles. The highest BCUT2D eigenvalue weighted by molar-refractivity contribution is 5.89. The zero-order valence-corrected chi connectivity index (χ0v) is 9.36. The Bertz CT molecular complexity index is 460. The number of carboxylic acid groups (broad SMARTS) is 1. The lowest BCUT2D eigenvalue weighted by atomic mass is 9.95. The highest BCUT2D eigenvalue weighted by Gasteiger charge is 2.23. The molecule has 1 aliphatic carbocycles. The van der Waals surface area contributed by atoms with Gasteiger partial charge in [-0.3, -0.25) is 4.79 Å². The first kappa shape index (κ1) is 10.7. The van der Waals surface area contributed by atoms with Crippen LogP contribution >= 0.6 is 0 Å². The lowest BCUT2D eigenvalue weighted by molar-refractivity contribution is -0.139. The van der Waals surface area contributed by atoms with Crippen LogP contribution in [0.1, 0.15) is 18.1 Å². The minimum Gasteiger partial charge on any atom is -0.497 e. The van der Waals surface area contributed by atoms with E-state index in [-0.39, 0.29) is 0 Å². The zero-order valence-electron chi connectivity index (χ0n) is 9.36. The molecule has 0 unspecified atom stereocenters. The van der Waals surface area contributed by atoms with Gasteiger partial charge in [-0.15, -0.1) is 0 Å². The summed E-state index contributed by atoms with van der Waals surface area (Å²) in [7, 11) is 1.63. The molecular formula is C13H14O3. The molecule has 0 saturated heterocycles. The van der Waals surface area contributed by atoms with Crippen LogP contribution in [0.3, 0.4) is 0 Å². The molecule has 0 heterocycles. The second-order valence-corrected chi connectivity index (χ2v) is 3.95. The van der Waals surface area contributed by atoms with E-state index < -0.39 is 11.9 Å². The third-order valence-electron chi connectivity index (χ3n) is 3.00. The molecular weight excluding hydrogens is 204 g/mol. The second kappa shape index (κ2) is 4.00. The summed E-state index contributed by atoms with van der Waals surface area (Å²) in [5, 5.41) is 9.00.